The van der Waals surface area contributed by atoms with Crippen molar-refractivity contribution in [3.05, 3.63) is 50.1 Å². The van der Waals surface area contributed by atoms with Gasteiger partial charge in [-0.1, -0.05) is 11.6 Å². The lowest BCUT2D eigenvalue weighted by Gasteiger charge is -2.13. The topological polar surface area (TPSA) is 72.2 Å². The molecule has 4 nitrogen and oxygen atoms in total. The molecular weight excluding hydrogens is 450 g/mol. The molecular formula is C12H8Br2ClFN2O2S. The molecule has 0 aliphatic rings. The Kier molecular flexibility index (Phi) is 4.82. The zero-order chi connectivity index (χ0) is 15.8. The Labute approximate surface area is 142 Å². The summed E-state index contributed by atoms with van der Waals surface area (Å²) in [5.74, 6) is -0.558. The van der Waals surface area contributed by atoms with Crippen molar-refractivity contribution >= 4 is 64.9 Å². The van der Waals surface area contributed by atoms with E-state index in [0.717, 1.165) is 12.1 Å². The van der Waals surface area contributed by atoms with E-state index < -0.39 is 15.8 Å². The molecule has 3 N–H and O–H groups in total. The van der Waals surface area contributed by atoms with E-state index in [-0.39, 0.29) is 15.6 Å². The van der Waals surface area contributed by atoms with Crippen molar-refractivity contribution < 1.29 is 12.8 Å². The second kappa shape index (κ2) is 6.12. The van der Waals surface area contributed by atoms with E-state index in [1.807, 2.05) is 0 Å². The largest absolute Gasteiger partial charge is 0.399 e. The Morgan fingerprint density at radius 3 is 2.24 bits per heavy atom. The molecule has 0 bridgehead atoms. The van der Waals surface area contributed by atoms with Crippen LogP contribution in [0.3, 0.4) is 0 Å². The highest BCUT2D eigenvalue weighted by molar-refractivity contribution is 9.11. The molecule has 2 rings (SSSR count). The Hall–Kier alpha value is -0.830. The van der Waals surface area contributed by atoms with Gasteiger partial charge in [0.25, 0.3) is 10.0 Å². The van der Waals surface area contributed by atoms with E-state index in [4.69, 9.17) is 17.3 Å². The normalized spacial score (nSPS) is 11.4. The van der Waals surface area contributed by atoms with Crippen LogP contribution in [-0.4, -0.2) is 8.42 Å². The van der Waals surface area contributed by atoms with Crippen LogP contribution >= 0.6 is 43.5 Å². The predicted molar refractivity (Wildman–Crippen MR) is 88.5 cm³/mol. The molecule has 112 valence electrons. The molecule has 0 fully saturated rings. The maximum absolute atomic E-state index is 13.0. The summed E-state index contributed by atoms with van der Waals surface area (Å²) < 4.78 is 40.7. The van der Waals surface area contributed by atoms with E-state index in [1.54, 1.807) is 0 Å². The first-order valence-corrected chi connectivity index (χ1v) is 8.88. The van der Waals surface area contributed by atoms with Crippen LogP contribution in [0.1, 0.15) is 0 Å². The molecule has 2 aromatic rings. The van der Waals surface area contributed by atoms with Crippen molar-refractivity contribution in [1.29, 1.82) is 0 Å². The van der Waals surface area contributed by atoms with Crippen LogP contribution in [0.4, 0.5) is 15.8 Å². The summed E-state index contributed by atoms with van der Waals surface area (Å²) in [6.45, 7) is 0. The van der Waals surface area contributed by atoms with E-state index >= 15 is 0 Å². The molecule has 0 spiro atoms. The molecule has 0 amide bonds. The molecule has 0 saturated carbocycles. The molecule has 0 unspecified atom stereocenters. The summed E-state index contributed by atoms with van der Waals surface area (Å²) in [5, 5.41) is -0.0405. The van der Waals surface area contributed by atoms with Crippen LogP contribution in [0, 0.1) is 5.82 Å². The fourth-order valence-corrected chi connectivity index (χ4v) is 5.58. The smallest absolute Gasteiger partial charge is 0.264 e. The lowest BCUT2D eigenvalue weighted by molar-refractivity contribution is 0.600. The Morgan fingerprint density at radius 1 is 1.14 bits per heavy atom. The quantitative estimate of drug-likeness (QED) is 0.671. The maximum atomic E-state index is 13.0. The van der Waals surface area contributed by atoms with Crippen LogP contribution in [0.5, 0.6) is 0 Å². The summed E-state index contributed by atoms with van der Waals surface area (Å²) in [6, 6.07) is 6.30. The molecule has 2 aromatic carbocycles. The Balaban J connectivity index is 2.48. The molecule has 0 saturated heterocycles. The lowest BCUT2D eigenvalue weighted by Crippen LogP contribution is -2.15. The molecule has 0 aliphatic heterocycles. The van der Waals surface area contributed by atoms with Gasteiger partial charge in [0.1, 0.15) is 10.7 Å². The van der Waals surface area contributed by atoms with Crippen molar-refractivity contribution in [2.75, 3.05) is 10.5 Å². The summed E-state index contributed by atoms with van der Waals surface area (Å²) in [5.41, 5.74) is 6.10. The monoisotopic (exact) mass is 456 g/mol. The third kappa shape index (κ3) is 3.68. The van der Waals surface area contributed by atoms with E-state index in [2.05, 4.69) is 36.6 Å². The van der Waals surface area contributed by atoms with Gasteiger partial charge in [-0.2, -0.15) is 0 Å². The molecule has 0 atom stereocenters. The Bertz CT molecular complexity index is 792. The number of hydrogen-bond acceptors (Lipinski definition) is 3. The Morgan fingerprint density at radius 2 is 1.71 bits per heavy atom. The van der Waals surface area contributed by atoms with Crippen molar-refractivity contribution in [3.63, 3.8) is 0 Å². The van der Waals surface area contributed by atoms with Gasteiger partial charge >= 0.3 is 0 Å². The highest BCUT2D eigenvalue weighted by Crippen LogP contribution is 2.34. The number of benzene rings is 2. The summed E-state index contributed by atoms with van der Waals surface area (Å²) in [4.78, 5) is -0.0305. The first-order valence-electron chi connectivity index (χ1n) is 5.43. The van der Waals surface area contributed by atoms with Crippen LogP contribution in [0.2, 0.25) is 5.02 Å². The molecule has 9 heteroatoms. The highest BCUT2D eigenvalue weighted by Gasteiger charge is 2.22. The van der Waals surface area contributed by atoms with Gasteiger partial charge in [-0.05, 0) is 62.2 Å². The van der Waals surface area contributed by atoms with Crippen LogP contribution < -0.4 is 10.5 Å². The molecule has 0 heterocycles. The third-order valence-electron chi connectivity index (χ3n) is 2.46. The first kappa shape index (κ1) is 16.5. The summed E-state index contributed by atoms with van der Waals surface area (Å²) >= 11 is 12.1. The average molecular weight is 459 g/mol. The van der Waals surface area contributed by atoms with Gasteiger partial charge in [0.15, 0.2) is 0 Å². The van der Waals surface area contributed by atoms with Gasteiger partial charge in [0.05, 0.1) is 10.7 Å². The van der Waals surface area contributed by atoms with Crippen molar-refractivity contribution in [2.45, 2.75) is 4.90 Å². The minimum absolute atomic E-state index is 0.0305. The number of rotatable bonds is 3. The second-order valence-corrected chi connectivity index (χ2v) is 7.78. The first-order chi connectivity index (χ1) is 9.70. The van der Waals surface area contributed by atoms with Gasteiger partial charge in [-0.3, -0.25) is 4.72 Å². The second-order valence-electron chi connectivity index (χ2n) is 4.04. The van der Waals surface area contributed by atoms with Crippen LogP contribution in [0.25, 0.3) is 0 Å². The van der Waals surface area contributed by atoms with E-state index in [9.17, 15) is 12.8 Å². The standard InChI is InChI=1S/C12H8Br2ClFN2O2S/c13-8-4-7(17)5-9(14)12(8)21(19,20)18-11-2-1-6(16)3-10(11)15/h1-5,18H,17H2. The minimum Gasteiger partial charge on any atom is -0.399 e. The van der Waals surface area contributed by atoms with E-state index in [0.29, 0.717) is 14.6 Å². The van der Waals surface area contributed by atoms with Crippen molar-refractivity contribution in [2.24, 2.45) is 0 Å². The molecule has 0 aliphatic carbocycles. The van der Waals surface area contributed by atoms with Gasteiger partial charge < -0.3 is 5.73 Å². The number of anilines is 2. The molecule has 21 heavy (non-hydrogen) atoms. The fourth-order valence-electron chi connectivity index (χ4n) is 1.60. The zero-order valence-electron chi connectivity index (χ0n) is 10.2. The van der Waals surface area contributed by atoms with E-state index in [1.165, 1.54) is 18.2 Å². The zero-order valence-corrected chi connectivity index (χ0v) is 14.9. The lowest BCUT2D eigenvalue weighted by atomic mass is 10.3. The predicted octanol–water partition coefficient (Wildman–Crippen LogP) is 4.39. The van der Waals surface area contributed by atoms with Gasteiger partial charge in [-0.25, -0.2) is 12.8 Å². The van der Waals surface area contributed by atoms with Gasteiger partial charge in [-0.15, -0.1) is 0 Å². The van der Waals surface area contributed by atoms with Crippen molar-refractivity contribution in [3.8, 4) is 0 Å². The summed E-state index contributed by atoms with van der Waals surface area (Å²) in [7, 11) is -3.93. The third-order valence-corrected chi connectivity index (χ3v) is 6.02. The van der Waals surface area contributed by atoms with Gasteiger partial charge in [0, 0.05) is 14.6 Å². The fraction of sp³-hybridized carbons (Fsp3) is 0. The molecule has 0 radical (unpaired) electrons. The molecule has 0 aromatic heterocycles. The van der Waals surface area contributed by atoms with Crippen LogP contribution in [-0.2, 0) is 10.0 Å². The number of nitrogen functional groups attached to an aromatic ring is 1. The summed E-state index contributed by atoms with van der Waals surface area (Å²) in [6.07, 6.45) is 0. The highest BCUT2D eigenvalue weighted by atomic mass is 79.9. The minimum atomic E-state index is -3.93. The average Bonchev–Trinajstić information content (AvgIpc) is 2.30. The number of halogens is 4. The van der Waals surface area contributed by atoms with Crippen molar-refractivity contribution in [1.82, 2.24) is 0 Å². The van der Waals surface area contributed by atoms with Crippen LogP contribution in [0.15, 0.2) is 44.2 Å². The number of sulfonamides is 1. The number of nitrogens with two attached hydrogens (primary N) is 1. The number of hydrogen-bond donors (Lipinski definition) is 2. The maximum Gasteiger partial charge on any atom is 0.264 e. The van der Waals surface area contributed by atoms with Gasteiger partial charge in [0.2, 0.25) is 0 Å². The SMILES string of the molecule is Nc1cc(Br)c(S(=O)(=O)Nc2ccc(F)cc2Cl)c(Br)c1. The number of nitrogens with one attached hydrogen (secondary N) is 1.